The van der Waals surface area contributed by atoms with E-state index in [-0.39, 0.29) is 18.2 Å². The van der Waals surface area contributed by atoms with E-state index in [1.807, 2.05) is 61.5 Å². The molecule has 24 heavy (non-hydrogen) atoms. The van der Waals surface area contributed by atoms with Crippen LogP contribution < -0.4 is 10.0 Å². The zero-order valence-electron chi connectivity index (χ0n) is 13.7. The van der Waals surface area contributed by atoms with Crippen molar-refractivity contribution in [1.82, 2.24) is 10.0 Å². The van der Waals surface area contributed by atoms with E-state index in [9.17, 15) is 13.2 Å². The first kappa shape index (κ1) is 18.2. The molecule has 0 aliphatic rings. The van der Waals surface area contributed by atoms with Crippen LogP contribution in [-0.2, 0) is 27.8 Å². The molecule has 0 aromatic heterocycles. The van der Waals surface area contributed by atoms with Gasteiger partial charge >= 0.3 is 0 Å². The molecule has 0 aliphatic heterocycles. The summed E-state index contributed by atoms with van der Waals surface area (Å²) in [6, 6.07) is 17.2. The van der Waals surface area contributed by atoms with Crippen LogP contribution in [0.5, 0.6) is 0 Å². The van der Waals surface area contributed by atoms with E-state index in [0.29, 0.717) is 13.0 Å². The second-order valence-electron chi connectivity index (χ2n) is 5.64. The highest BCUT2D eigenvalue weighted by molar-refractivity contribution is 7.89. The first-order valence-corrected chi connectivity index (χ1v) is 9.43. The van der Waals surface area contributed by atoms with Gasteiger partial charge in [0.05, 0.1) is 12.3 Å². The molecule has 1 amide bonds. The van der Waals surface area contributed by atoms with Crippen molar-refractivity contribution in [3.05, 3.63) is 71.3 Å². The topological polar surface area (TPSA) is 75.3 Å². The maximum Gasteiger partial charge on any atom is 0.235 e. The lowest BCUT2D eigenvalue weighted by molar-refractivity contribution is -0.120. The van der Waals surface area contributed by atoms with Gasteiger partial charge < -0.3 is 5.32 Å². The largest absolute Gasteiger partial charge is 0.351 e. The molecule has 0 saturated heterocycles. The van der Waals surface area contributed by atoms with Crippen LogP contribution in [0.2, 0.25) is 0 Å². The third kappa shape index (κ3) is 6.52. The molecule has 0 radical (unpaired) electrons. The van der Waals surface area contributed by atoms with Crippen LogP contribution in [0, 0.1) is 6.92 Å². The fourth-order valence-corrected chi connectivity index (χ4v) is 3.11. The lowest BCUT2D eigenvalue weighted by Gasteiger charge is -2.08. The maximum absolute atomic E-state index is 11.9. The average molecular weight is 346 g/mol. The molecule has 2 aromatic rings. The molecule has 0 saturated carbocycles. The number of carbonyl (C=O) groups excluding carboxylic acids is 1. The third-order valence-electron chi connectivity index (χ3n) is 3.57. The van der Waals surface area contributed by atoms with Crippen molar-refractivity contribution in [1.29, 1.82) is 0 Å². The van der Waals surface area contributed by atoms with Crippen LogP contribution in [0.3, 0.4) is 0 Å². The van der Waals surface area contributed by atoms with Gasteiger partial charge in [-0.05, 0) is 24.5 Å². The maximum atomic E-state index is 11.9. The Morgan fingerprint density at radius 3 is 2.29 bits per heavy atom. The minimum absolute atomic E-state index is 0.0394. The van der Waals surface area contributed by atoms with Gasteiger partial charge in [-0.25, -0.2) is 13.1 Å². The van der Waals surface area contributed by atoms with Gasteiger partial charge in [0.15, 0.2) is 0 Å². The highest BCUT2D eigenvalue weighted by atomic mass is 32.2. The van der Waals surface area contributed by atoms with E-state index in [0.717, 1.165) is 16.7 Å². The summed E-state index contributed by atoms with van der Waals surface area (Å²) in [7, 11) is -3.47. The van der Waals surface area contributed by atoms with Gasteiger partial charge in [-0.2, -0.15) is 0 Å². The van der Waals surface area contributed by atoms with Gasteiger partial charge in [0.1, 0.15) is 0 Å². The van der Waals surface area contributed by atoms with Crippen molar-refractivity contribution in [3.63, 3.8) is 0 Å². The van der Waals surface area contributed by atoms with Gasteiger partial charge in [-0.1, -0.05) is 60.2 Å². The van der Waals surface area contributed by atoms with Crippen molar-refractivity contribution < 1.29 is 13.2 Å². The van der Waals surface area contributed by atoms with Crippen LogP contribution in [0.1, 0.15) is 16.7 Å². The summed E-state index contributed by atoms with van der Waals surface area (Å²) in [5.74, 6) is -0.388. The summed E-state index contributed by atoms with van der Waals surface area (Å²) in [4.78, 5) is 11.8. The SMILES string of the molecule is Cc1ccc(CNC(=O)CNS(=O)(=O)CCc2ccccc2)cc1. The van der Waals surface area contributed by atoms with Crippen LogP contribution in [0.15, 0.2) is 54.6 Å². The van der Waals surface area contributed by atoms with Crippen LogP contribution >= 0.6 is 0 Å². The lowest BCUT2D eigenvalue weighted by atomic mass is 10.1. The van der Waals surface area contributed by atoms with E-state index in [1.165, 1.54) is 0 Å². The molecule has 0 atom stereocenters. The Labute approximate surface area is 143 Å². The van der Waals surface area contributed by atoms with E-state index >= 15 is 0 Å². The highest BCUT2D eigenvalue weighted by Gasteiger charge is 2.12. The van der Waals surface area contributed by atoms with E-state index in [1.54, 1.807) is 0 Å². The molecule has 0 bridgehead atoms. The fraction of sp³-hybridized carbons (Fsp3) is 0.278. The van der Waals surface area contributed by atoms with Gasteiger partial charge in [0.25, 0.3) is 0 Å². The Kier molecular flexibility index (Phi) is 6.52. The van der Waals surface area contributed by atoms with Crippen molar-refractivity contribution in [2.75, 3.05) is 12.3 Å². The van der Waals surface area contributed by atoms with Crippen LogP contribution in [0.4, 0.5) is 0 Å². The molecule has 2 aromatic carbocycles. The highest BCUT2D eigenvalue weighted by Crippen LogP contribution is 2.03. The minimum atomic E-state index is -3.47. The van der Waals surface area contributed by atoms with Gasteiger partial charge in [0.2, 0.25) is 15.9 Å². The van der Waals surface area contributed by atoms with Crippen LogP contribution in [-0.4, -0.2) is 26.6 Å². The molecule has 6 heteroatoms. The van der Waals surface area contributed by atoms with Crippen molar-refractivity contribution in [2.24, 2.45) is 0 Å². The Morgan fingerprint density at radius 2 is 1.62 bits per heavy atom. The molecule has 0 spiro atoms. The van der Waals surface area contributed by atoms with E-state index < -0.39 is 10.0 Å². The normalized spacial score (nSPS) is 11.2. The summed E-state index contributed by atoms with van der Waals surface area (Å²) < 4.78 is 26.2. The van der Waals surface area contributed by atoms with Gasteiger partial charge in [0, 0.05) is 6.54 Å². The number of carbonyl (C=O) groups is 1. The predicted molar refractivity (Wildman–Crippen MR) is 95.0 cm³/mol. The fourth-order valence-electron chi connectivity index (χ4n) is 2.11. The molecule has 0 heterocycles. The molecule has 2 rings (SSSR count). The molecule has 0 unspecified atom stereocenters. The molecule has 0 aliphatic carbocycles. The summed E-state index contributed by atoms with van der Waals surface area (Å²) in [6.07, 6.45) is 0.418. The molecule has 5 nitrogen and oxygen atoms in total. The summed E-state index contributed by atoms with van der Waals surface area (Å²) in [5.41, 5.74) is 3.07. The number of hydrogen-bond donors (Lipinski definition) is 2. The van der Waals surface area contributed by atoms with E-state index in [2.05, 4.69) is 10.0 Å². The summed E-state index contributed by atoms with van der Waals surface area (Å²) >= 11 is 0. The Hall–Kier alpha value is -2.18. The Balaban J connectivity index is 1.72. The van der Waals surface area contributed by atoms with Gasteiger partial charge in [-0.3, -0.25) is 4.79 Å². The molecule has 2 N–H and O–H groups in total. The summed E-state index contributed by atoms with van der Waals surface area (Å²) in [5, 5.41) is 2.70. The van der Waals surface area contributed by atoms with Crippen LogP contribution in [0.25, 0.3) is 0 Å². The number of hydrogen-bond acceptors (Lipinski definition) is 3. The third-order valence-corrected chi connectivity index (χ3v) is 4.89. The number of benzene rings is 2. The van der Waals surface area contributed by atoms with Crippen molar-refractivity contribution in [2.45, 2.75) is 19.9 Å². The molecular weight excluding hydrogens is 324 g/mol. The number of sulfonamides is 1. The molecular formula is C18H22N2O3S. The first-order valence-electron chi connectivity index (χ1n) is 7.78. The quantitative estimate of drug-likeness (QED) is 0.765. The zero-order chi connectivity index (χ0) is 17.4. The van der Waals surface area contributed by atoms with Crippen molar-refractivity contribution >= 4 is 15.9 Å². The lowest BCUT2D eigenvalue weighted by Crippen LogP contribution is -2.37. The molecule has 128 valence electrons. The number of amides is 1. The standard InChI is InChI=1S/C18H22N2O3S/c1-15-7-9-17(10-8-15)13-19-18(21)14-20-24(22,23)12-11-16-5-3-2-4-6-16/h2-10,20H,11-14H2,1H3,(H,19,21). The minimum Gasteiger partial charge on any atom is -0.351 e. The monoisotopic (exact) mass is 346 g/mol. The number of rotatable bonds is 8. The average Bonchev–Trinajstić information content (AvgIpc) is 2.59. The Morgan fingerprint density at radius 1 is 0.958 bits per heavy atom. The Bertz CT molecular complexity index is 757. The molecule has 0 fully saturated rings. The van der Waals surface area contributed by atoms with E-state index in [4.69, 9.17) is 0 Å². The first-order chi connectivity index (χ1) is 11.4. The zero-order valence-corrected chi connectivity index (χ0v) is 14.5. The number of nitrogens with one attached hydrogen (secondary N) is 2. The smallest absolute Gasteiger partial charge is 0.235 e. The second kappa shape index (κ2) is 8.61. The number of aryl methyl sites for hydroxylation is 2. The summed E-state index contributed by atoms with van der Waals surface area (Å²) in [6.45, 7) is 2.13. The second-order valence-corrected chi connectivity index (χ2v) is 7.56. The van der Waals surface area contributed by atoms with Crippen molar-refractivity contribution in [3.8, 4) is 0 Å². The van der Waals surface area contributed by atoms with Gasteiger partial charge in [-0.15, -0.1) is 0 Å². The predicted octanol–water partition coefficient (Wildman–Crippen LogP) is 1.77.